The van der Waals surface area contributed by atoms with E-state index in [-0.39, 0.29) is 22.4 Å². The zero-order valence-corrected chi connectivity index (χ0v) is 14.9. The molecule has 0 amide bonds. The summed E-state index contributed by atoms with van der Waals surface area (Å²) in [6, 6.07) is 3.52. The summed E-state index contributed by atoms with van der Waals surface area (Å²) in [5, 5.41) is 8.50. The lowest BCUT2D eigenvalue weighted by Gasteiger charge is -2.36. The van der Waals surface area contributed by atoms with Gasteiger partial charge in [-0.15, -0.1) is 0 Å². The predicted octanol–water partition coefficient (Wildman–Crippen LogP) is 2.04. The van der Waals surface area contributed by atoms with E-state index in [4.69, 9.17) is 16.7 Å². The largest absolute Gasteiger partial charge is 0.481 e. The Morgan fingerprint density at radius 1 is 1.42 bits per heavy atom. The molecule has 134 valence electrons. The van der Waals surface area contributed by atoms with E-state index in [1.54, 1.807) is 0 Å². The van der Waals surface area contributed by atoms with Crippen molar-refractivity contribution in [1.82, 2.24) is 9.21 Å². The summed E-state index contributed by atoms with van der Waals surface area (Å²) in [7, 11) is -1.86. The molecule has 9 heteroatoms. The standard InChI is InChI=1S/C15H20ClFN2O4S/c1-18(7-6-15(20)21)11-4-8-19(9-5-11)24(22,23)12-2-3-14(17)13(16)10-12/h2-3,10-11H,4-9H2,1H3,(H,20,21). The number of halogens is 2. The Morgan fingerprint density at radius 3 is 2.58 bits per heavy atom. The molecule has 0 aliphatic carbocycles. The summed E-state index contributed by atoms with van der Waals surface area (Å²) in [6.07, 6.45) is 1.29. The maximum absolute atomic E-state index is 13.2. The third-order valence-corrected chi connectivity index (χ3v) is 6.44. The zero-order chi connectivity index (χ0) is 17.9. The molecule has 24 heavy (non-hydrogen) atoms. The van der Waals surface area contributed by atoms with Crippen LogP contribution in [0, 0.1) is 5.82 Å². The highest BCUT2D eigenvalue weighted by Gasteiger charge is 2.31. The Kier molecular flexibility index (Phi) is 6.19. The average Bonchev–Trinajstić information content (AvgIpc) is 2.55. The van der Waals surface area contributed by atoms with Gasteiger partial charge in [0.1, 0.15) is 5.82 Å². The summed E-state index contributed by atoms with van der Waals surface area (Å²) in [5.74, 6) is -1.51. The fourth-order valence-electron chi connectivity index (χ4n) is 2.76. The highest BCUT2D eigenvalue weighted by atomic mass is 35.5. The number of piperidine rings is 1. The summed E-state index contributed by atoms with van der Waals surface area (Å²) >= 11 is 5.67. The van der Waals surface area contributed by atoms with Gasteiger partial charge in [-0.1, -0.05) is 11.6 Å². The molecule has 6 nitrogen and oxygen atoms in total. The van der Waals surface area contributed by atoms with Gasteiger partial charge >= 0.3 is 5.97 Å². The first-order valence-electron chi connectivity index (χ1n) is 7.59. The number of benzene rings is 1. The number of carboxylic acid groups (broad SMARTS) is 1. The van der Waals surface area contributed by atoms with Gasteiger partial charge in [0.15, 0.2) is 0 Å². The third kappa shape index (κ3) is 4.44. The zero-order valence-electron chi connectivity index (χ0n) is 13.3. The van der Waals surface area contributed by atoms with Gasteiger partial charge in [-0.05, 0) is 38.1 Å². The average molecular weight is 379 g/mol. The lowest BCUT2D eigenvalue weighted by atomic mass is 10.1. The molecular weight excluding hydrogens is 359 g/mol. The minimum Gasteiger partial charge on any atom is -0.481 e. The molecule has 0 radical (unpaired) electrons. The molecule has 0 saturated carbocycles. The van der Waals surface area contributed by atoms with Crippen molar-refractivity contribution in [3.63, 3.8) is 0 Å². The molecule has 1 fully saturated rings. The van der Waals surface area contributed by atoms with Crippen LogP contribution in [0.25, 0.3) is 0 Å². The minimum absolute atomic E-state index is 0.0217. The summed E-state index contributed by atoms with van der Waals surface area (Å²) in [4.78, 5) is 12.6. The Balaban J connectivity index is 2.00. The van der Waals surface area contributed by atoms with Crippen LogP contribution in [-0.2, 0) is 14.8 Å². The summed E-state index contributed by atoms with van der Waals surface area (Å²) in [5.41, 5.74) is 0. The quantitative estimate of drug-likeness (QED) is 0.819. The molecule has 1 N–H and O–H groups in total. The van der Waals surface area contributed by atoms with Crippen molar-refractivity contribution < 1.29 is 22.7 Å². The van der Waals surface area contributed by atoms with Crippen LogP contribution in [-0.4, -0.2) is 61.4 Å². The second-order valence-corrected chi connectivity index (χ2v) is 8.18. The van der Waals surface area contributed by atoms with E-state index in [1.165, 1.54) is 10.4 Å². The fraction of sp³-hybridized carbons (Fsp3) is 0.533. The molecule has 0 atom stereocenters. The molecular formula is C15H20ClFN2O4S. The van der Waals surface area contributed by atoms with Gasteiger partial charge in [-0.2, -0.15) is 4.31 Å². The monoisotopic (exact) mass is 378 g/mol. The van der Waals surface area contributed by atoms with E-state index in [0.29, 0.717) is 32.5 Å². The topological polar surface area (TPSA) is 77.9 Å². The minimum atomic E-state index is -3.71. The lowest BCUT2D eigenvalue weighted by Crippen LogP contribution is -2.45. The van der Waals surface area contributed by atoms with Crippen molar-refractivity contribution in [2.45, 2.75) is 30.2 Å². The van der Waals surface area contributed by atoms with Crippen LogP contribution in [0.3, 0.4) is 0 Å². The van der Waals surface area contributed by atoms with Gasteiger partial charge in [0.2, 0.25) is 10.0 Å². The second kappa shape index (κ2) is 7.77. The Hall–Kier alpha value is -1.22. The van der Waals surface area contributed by atoms with E-state index in [2.05, 4.69) is 0 Å². The number of rotatable bonds is 6. The van der Waals surface area contributed by atoms with Gasteiger partial charge in [-0.25, -0.2) is 12.8 Å². The second-order valence-electron chi connectivity index (χ2n) is 5.84. The normalized spacial score (nSPS) is 17.3. The number of nitrogens with zero attached hydrogens (tertiary/aromatic N) is 2. The number of hydrogen-bond donors (Lipinski definition) is 1. The highest BCUT2D eigenvalue weighted by Crippen LogP contribution is 2.25. The first kappa shape index (κ1) is 19.1. The Labute approximate surface area is 145 Å². The van der Waals surface area contributed by atoms with Crippen LogP contribution in [0.5, 0.6) is 0 Å². The van der Waals surface area contributed by atoms with E-state index in [0.717, 1.165) is 12.1 Å². The van der Waals surface area contributed by atoms with Gasteiger partial charge < -0.3 is 10.0 Å². The van der Waals surface area contributed by atoms with Gasteiger partial charge in [0.25, 0.3) is 0 Å². The molecule has 1 heterocycles. The molecule has 1 aromatic carbocycles. The van der Waals surface area contributed by atoms with E-state index >= 15 is 0 Å². The molecule has 0 aromatic heterocycles. The van der Waals surface area contributed by atoms with Crippen molar-refractivity contribution in [2.75, 3.05) is 26.7 Å². The van der Waals surface area contributed by atoms with E-state index in [9.17, 15) is 17.6 Å². The molecule has 1 saturated heterocycles. The molecule has 1 aromatic rings. The maximum Gasteiger partial charge on any atom is 0.304 e. The van der Waals surface area contributed by atoms with E-state index < -0.39 is 21.8 Å². The van der Waals surface area contributed by atoms with Gasteiger partial charge in [0.05, 0.1) is 16.3 Å². The molecule has 1 aliphatic rings. The van der Waals surface area contributed by atoms with Crippen molar-refractivity contribution in [3.8, 4) is 0 Å². The first-order valence-corrected chi connectivity index (χ1v) is 9.41. The SMILES string of the molecule is CN(CCC(=O)O)C1CCN(S(=O)(=O)c2ccc(F)c(Cl)c2)CC1. The Bertz CT molecular complexity index is 705. The summed E-state index contributed by atoms with van der Waals surface area (Å²) < 4.78 is 39.8. The van der Waals surface area contributed by atoms with Crippen LogP contribution in [0.1, 0.15) is 19.3 Å². The molecule has 0 spiro atoms. The van der Waals surface area contributed by atoms with Crippen LogP contribution in [0.4, 0.5) is 4.39 Å². The lowest BCUT2D eigenvalue weighted by molar-refractivity contribution is -0.137. The van der Waals surface area contributed by atoms with Crippen molar-refractivity contribution in [2.24, 2.45) is 0 Å². The summed E-state index contributed by atoms with van der Waals surface area (Å²) in [6.45, 7) is 1.10. The van der Waals surface area contributed by atoms with Gasteiger partial charge in [-0.3, -0.25) is 4.79 Å². The Morgan fingerprint density at radius 2 is 2.04 bits per heavy atom. The van der Waals surface area contributed by atoms with Gasteiger partial charge in [0, 0.05) is 25.7 Å². The van der Waals surface area contributed by atoms with Crippen LogP contribution in [0.2, 0.25) is 5.02 Å². The fourth-order valence-corrected chi connectivity index (χ4v) is 4.51. The maximum atomic E-state index is 13.2. The molecule has 0 bridgehead atoms. The van der Waals surface area contributed by atoms with Crippen molar-refractivity contribution in [3.05, 3.63) is 29.0 Å². The molecule has 2 rings (SSSR count). The van der Waals surface area contributed by atoms with Crippen molar-refractivity contribution >= 4 is 27.6 Å². The van der Waals surface area contributed by atoms with Crippen LogP contribution < -0.4 is 0 Å². The highest BCUT2D eigenvalue weighted by molar-refractivity contribution is 7.89. The third-order valence-electron chi connectivity index (χ3n) is 4.25. The molecule has 1 aliphatic heterocycles. The van der Waals surface area contributed by atoms with E-state index in [1.807, 2.05) is 11.9 Å². The number of carbonyl (C=O) groups is 1. The first-order chi connectivity index (χ1) is 11.2. The number of hydrogen-bond acceptors (Lipinski definition) is 4. The number of sulfonamides is 1. The number of carboxylic acids is 1. The number of aliphatic carboxylic acids is 1. The van der Waals surface area contributed by atoms with Crippen molar-refractivity contribution in [1.29, 1.82) is 0 Å². The molecule has 0 unspecified atom stereocenters. The predicted molar refractivity (Wildman–Crippen MR) is 88.1 cm³/mol. The van der Waals surface area contributed by atoms with Crippen LogP contribution in [0.15, 0.2) is 23.1 Å². The smallest absolute Gasteiger partial charge is 0.304 e. The van der Waals surface area contributed by atoms with Crippen LogP contribution >= 0.6 is 11.6 Å².